The topological polar surface area (TPSA) is 22.0 Å². The predicted octanol–water partition coefficient (Wildman–Crippen LogP) is 10.4. The summed E-state index contributed by atoms with van der Waals surface area (Å²) in [6.45, 7) is 4.67. The first kappa shape index (κ1) is 27.7. The number of rotatable bonds is 3. The van der Waals surface area contributed by atoms with E-state index in [1.807, 2.05) is 36.4 Å². The van der Waals surface area contributed by atoms with Gasteiger partial charge in [0.1, 0.15) is 0 Å². The first-order chi connectivity index (χ1) is 23.5. The standard InChI is InChI=1S/C45H32NOP/c1-45(2)39-25-21-30(29-13-5-3-6-14-29)27-37(39)38-28-31(22-26-40(38)45)46-41-19-11-9-17-33(41)35-23-24-36-34-18-10-12-20-42(34)48(47,44(36)43(35)46)32-15-7-4-8-16-32/h3-28H,1-2H3. The van der Waals surface area contributed by atoms with Gasteiger partial charge in [0.2, 0.25) is 0 Å². The summed E-state index contributed by atoms with van der Waals surface area (Å²) < 4.78 is 18.3. The maximum Gasteiger partial charge on any atom is 0.174 e. The van der Waals surface area contributed by atoms with Crippen molar-refractivity contribution in [2.24, 2.45) is 0 Å². The predicted molar refractivity (Wildman–Crippen MR) is 202 cm³/mol. The minimum atomic E-state index is -3.20. The number of benzene rings is 7. The number of hydrogen-bond acceptors (Lipinski definition) is 1. The smallest absolute Gasteiger partial charge is 0.174 e. The third-order valence-electron chi connectivity index (χ3n) is 10.8. The Balaban J connectivity index is 1.29. The highest BCUT2D eigenvalue weighted by atomic mass is 31.2. The molecule has 0 saturated carbocycles. The Labute approximate surface area is 280 Å². The first-order valence-electron chi connectivity index (χ1n) is 16.6. The van der Waals surface area contributed by atoms with Crippen LogP contribution in [-0.2, 0) is 9.98 Å². The van der Waals surface area contributed by atoms with Crippen LogP contribution in [0.1, 0.15) is 25.0 Å². The molecule has 0 spiro atoms. The fourth-order valence-electron chi connectivity index (χ4n) is 8.55. The Kier molecular flexibility index (Phi) is 5.65. The number of aromatic nitrogens is 1. The molecule has 0 amide bonds. The SMILES string of the molecule is CC1(C)c2ccc(-c3ccccc3)cc2-c2cc(-n3c4ccccc4c4ccc5c(c43)P(=O)(c3ccccc3)c3ccccc3-5)ccc21. The largest absolute Gasteiger partial charge is 0.309 e. The Hall–Kier alpha value is -5.43. The van der Waals surface area contributed by atoms with Crippen LogP contribution in [-0.4, -0.2) is 4.57 Å². The normalized spacial score (nSPS) is 16.9. The lowest BCUT2D eigenvalue weighted by Crippen LogP contribution is -2.22. The van der Waals surface area contributed by atoms with Gasteiger partial charge >= 0.3 is 0 Å². The van der Waals surface area contributed by atoms with Gasteiger partial charge in [-0.05, 0) is 68.8 Å². The van der Waals surface area contributed by atoms with Gasteiger partial charge in [-0.3, -0.25) is 0 Å². The molecule has 2 nitrogen and oxygen atoms in total. The van der Waals surface area contributed by atoms with Crippen molar-refractivity contribution in [3.05, 3.63) is 169 Å². The molecule has 228 valence electrons. The van der Waals surface area contributed by atoms with E-state index in [0.717, 1.165) is 49.1 Å². The highest BCUT2D eigenvalue weighted by Gasteiger charge is 2.43. The van der Waals surface area contributed by atoms with Gasteiger partial charge in [-0.2, -0.15) is 0 Å². The van der Waals surface area contributed by atoms with Crippen LogP contribution < -0.4 is 15.9 Å². The second kappa shape index (κ2) is 9.80. The second-order valence-corrected chi connectivity index (χ2v) is 16.3. The molecule has 2 heterocycles. The summed E-state index contributed by atoms with van der Waals surface area (Å²) in [5, 5.41) is 5.03. The fraction of sp³-hybridized carbons (Fsp3) is 0.0667. The maximum absolute atomic E-state index is 15.9. The van der Waals surface area contributed by atoms with E-state index in [2.05, 4.69) is 140 Å². The van der Waals surface area contributed by atoms with Crippen molar-refractivity contribution in [1.82, 2.24) is 4.57 Å². The van der Waals surface area contributed by atoms with Crippen molar-refractivity contribution in [2.75, 3.05) is 0 Å². The molecule has 48 heavy (non-hydrogen) atoms. The van der Waals surface area contributed by atoms with Crippen molar-refractivity contribution in [1.29, 1.82) is 0 Å². The molecule has 2 aliphatic rings. The van der Waals surface area contributed by atoms with Crippen LogP contribution in [0.5, 0.6) is 0 Å². The van der Waals surface area contributed by atoms with E-state index in [4.69, 9.17) is 0 Å². The molecule has 0 N–H and O–H groups in total. The van der Waals surface area contributed by atoms with Gasteiger partial charge in [0.15, 0.2) is 7.14 Å². The molecular weight excluding hydrogens is 601 g/mol. The van der Waals surface area contributed by atoms with Crippen LogP contribution in [0.4, 0.5) is 0 Å². The lowest BCUT2D eigenvalue weighted by molar-refractivity contribution is 0.593. The van der Waals surface area contributed by atoms with Crippen LogP contribution in [0, 0.1) is 0 Å². The zero-order valence-electron chi connectivity index (χ0n) is 26.8. The molecule has 1 atom stereocenters. The van der Waals surface area contributed by atoms with Crippen LogP contribution in [0.25, 0.3) is 60.9 Å². The molecule has 7 aromatic carbocycles. The Morgan fingerprint density at radius 2 is 1.19 bits per heavy atom. The Bertz CT molecular complexity index is 2670. The molecular formula is C45H32NOP. The summed E-state index contributed by atoms with van der Waals surface area (Å²) in [5.74, 6) is 0. The third kappa shape index (κ3) is 3.56. The Morgan fingerprint density at radius 3 is 2.00 bits per heavy atom. The first-order valence-corrected chi connectivity index (χ1v) is 18.3. The molecule has 8 aromatic rings. The van der Waals surface area contributed by atoms with Gasteiger partial charge in [-0.25, -0.2) is 0 Å². The molecule has 0 saturated heterocycles. The summed E-state index contributed by atoms with van der Waals surface area (Å²) >= 11 is 0. The summed E-state index contributed by atoms with van der Waals surface area (Å²) in [7, 11) is -3.20. The molecule has 1 aromatic heterocycles. The van der Waals surface area contributed by atoms with E-state index in [1.54, 1.807) is 0 Å². The lowest BCUT2D eigenvalue weighted by Gasteiger charge is -2.22. The highest BCUT2D eigenvalue weighted by molar-refractivity contribution is 7.86. The van der Waals surface area contributed by atoms with E-state index in [0.29, 0.717) is 0 Å². The highest BCUT2D eigenvalue weighted by Crippen LogP contribution is 2.55. The minimum Gasteiger partial charge on any atom is -0.309 e. The number of fused-ring (bicyclic) bond motifs is 10. The molecule has 0 fully saturated rings. The van der Waals surface area contributed by atoms with Gasteiger partial charge in [0.05, 0.1) is 16.3 Å². The minimum absolute atomic E-state index is 0.120. The van der Waals surface area contributed by atoms with Gasteiger partial charge in [0, 0.05) is 32.5 Å². The fourth-order valence-corrected chi connectivity index (χ4v) is 11.8. The second-order valence-electron chi connectivity index (χ2n) is 13.7. The van der Waals surface area contributed by atoms with E-state index in [-0.39, 0.29) is 5.41 Å². The summed E-state index contributed by atoms with van der Waals surface area (Å²) in [4.78, 5) is 0. The third-order valence-corrected chi connectivity index (χ3v) is 14.0. The van der Waals surface area contributed by atoms with Crippen molar-refractivity contribution in [3.63, 3.8) is 0 Å². The monoisotopic (exact) mass is 633 g/mol. The van der Waals surface area contributed by atoms with Crippen LogP contribution in [0.15, 0.2) is 158 Å². The molecule has 0 radical (unpaired) electrons. The van der Waals surface area contributed by atoms with Crippen LogP contribution in [0.3, 0.4) is 0 Å². The molecule has 1 aliphatic heterocycles. The van der Waals surface area contributed by atoms with Crippen molar-refractivity contribution >= 4 is 44.9 Å². The van der Waals surface area contributed by atoms with Gasteiger partial charge in [-0.1, -0.05) is 147 Å². The average Bonchev–Trinajstić information content (AvgIpc) is 3.70. The average molecular weight is 634 g/mol. The van der Waals surface area contributed by atoms with Crippen molar-refractivity contribution < 1.29 is 4.57 Å². The summed E-state index contributed by atoms with van der Waals surface area (Å²) in [6, 6.07) is 56.0. The van der Waals surface area contributed by atoms with Crippen LogP contribution >= 0.6 is 7.14 Å². The maximum atomic E-state index is 15.9. The summed E-state index contributed by atoms with van der Waals surface area (Å²) in [5.41, 5.74) is 12.9. The van der Waals surface area contributed by atoms with Crippen molar-refractivity contribution in [2.45, 2.75) is 19.3 Å². The van der Waals surface area contributed by atoms with Crippen molar-refractivity contribution in [3.8, 4) is 39.1 Å². The summed E-state index contributed by atoms with van der Waals surface area (Å²) in [6.07, 6.45) is 0. The zero-order valence-corrected chi connectivity index (χ0v) is 27.7. The molecule has 0 bridgehead atoms. The number of hydrogen-bond donors (Lipinski definition) is 0. The van der Waals surface area contributed by atoms with E-state index in [9.17, 15) is 0 Å². The molecule has 1 aliphatic carbocycles. The zero-order chi connectivity index (χ0) is 32.2. The quantitative estimate of drug-likeness (QED) is 0.178. The Morgan fingerprint density at radius 1 is 0.521 bits per heavy atom. The van der Waals surface area contributed by atoms with E-state index in [1.165, 1.54) is 38.8 Å². The molecule has 1 unspecified atom stereocenters. The van der Waals surface area contributed by atoms with Gasteiger partial charge in [0.25, 0.3) is 0 Å². The number of nitrogens with zero attached hydrogens (tertiary/aromatic N) is 1. The van der Waals surface area contributed by atoms with Gasteiger partial charge in [-0.15, -0.1) is 0 Å². The van der Waals surface area contributed by atoms with E-state index >= 15 is 4.57 Å². The van der Waals surface area contributed by atoms with Gasteiger partial charge < -0.3 is 9.13 Å². The number of para-hydroxylation sites is 1. The van der Waals surface area contributed by atoms with E-state index < -0.39 is 7.14 Å². The molecule has 10 rings (SSSR count). The molecule has 3 heteroatoms. The lowest BCUT2D eigenvalue weighted by atomic mass is 9.82. The van der Waals surface area contributed by atoms with Crippen LogP contribution in [0.2, 0.25) is 0 Å².